The number of nitrogens with zero attached hydrogens (tertiary/aromatic N) is 4. The SMILES string of the molecule is C=CC(=O)Cc1cc(C)ccc1Nc1nc(Nc2cc(C)nn2C)ncc1C. The molecule has 28 heavy (non-hydrogen) atoms. The van der Waals surface area contributed by atoms with E-state index in [2.05, 4.69) is 32.3 Å². The first-order valence-corrected chi connectivity index (χ1v) is 8.99. The van der Waals surface area contributed by atoms with E-state index in [1.54, 1.807) is 10.9 Å². The second kappa shape index (κ2) is 8.04. The molecule has 3 aromatic rings. The summed E-state index contributed by atoms with van der Waals surface area (Å²) in [5.74, 6) is 1.92. The molecular weight excluding hydrogens is 352 g/mol. The summed E-state index contributed by atoms with van der Waals surface area (Å²) in [6, 6.07) is 7.88. The number of carbonyl (C=O) groups excluding carboxylic acids is 1. The van der Waals surface area contributed by atoms with E-state index in [0.717, 1.165) is 33.9 Å². The Morgan fingerprint density at radius 3 is 2.68 bits per heavy atom. The van der Waals surface area contributed by atoms with E-state index in [0.29, 0.717) is 11.8 Å². The first-order valence-electron chi connectivity index (χ1n) is 8.99. The number of carbonyl (C=O) groups is 1. The number of hydrogen-bond acceptors (Lipinski definition) is 6. The number of nitrogens with one attached hydrogen (secondary N) is 2. The van der Waals surface area contributed by atoms with Crippen LogP contribution in [0.5, 0.6) is 0 Å². The molecule has 0 aliphatic carbocycles. The zero-order valence-electron chi connectivity index (χ0n) is 16.6. The monoisotopic (exact) mass is 376 g/mol. The van der Waals surface area contributed by atoms with E-state index in [4.69, 9.17) is 0 Å². The van der Waals surface area contributed by atoms with Gasteiger partial charge in [0.15, 0.2) is 5.78 Å². The summed E-state index contributed by atoms with van der Waals surface area (Å²) in [5.41, 5.74) is 4.63. The summed E-state index contributed by atoms with van der Waals surface area (Å²) in [4.78, 5) is 20.8. The smallest absolute Gasteiger partial charge is 0.230 e. The highest BCUT2D eigenvalue weighted by molar-refractivity contribution is 5.92. The van der Waals surface area contributed by atoms with Crippen molar-refractivity contribution in [1.82, 2.24) is 19.7 Å². The lowest BCUT2D eigenvalue weighted by Gasteiger charge is -2.14. The summed E-state index contributed by atoms with van der Waals surface area (Å²) in [6.45, 7) is 9.42. The molecule has 0 atom stereocenters. The van der Waals surface area contributed by atoms with Crippen LogP contribution < -0.4 is 10.6 Å². The summed E-state index contributed by atoms with van der Waals surface area (Å²) in [5, 5.41) is 10.8. The minimum Gasteiger partial charge on any atom is -0.340 e. The van der Waals surface area contributed by atoms with Gasteiger partial charge in [-0.25, -0.2) is 4.98 Å². The predicted octanol–water partition coefficient (Wildman–Crippen LogP) is 3.92. The Bertz CT molecular complexity index is 1040. The number of allylic oxidation sites excluding steroid dienone is 1. The molecule has 0 aliphatic rings. The average molecular weight is 376 g/mol. The third-order valence-corrected chi connectivity index (χ3v) is 4.32. The minimum absolute atomic E-state index is 0.0259. The zero-order valence-corrected chi connectivity index (χ0v) is 16.6. The minimum atomic E-state index is -0.0259. The molecule has 0 amide bonds. The largest absolute Gasteiger partial charge is 0.340 e. The van der Waals surface area contributed by atoms with Crippen molar-refractivity contribution < 1.29 is 4.79 Å². The van der Waals surface area contributed by atoms with Gasteiger partial charge < -0.3 is 10.6 Å². The number of rotatable bonds is 7. The Hall–Kier alpha value is -3.48. The Morgan fingerprint density at radius 1 is 1.21 bits per heavy atom. The lowest BCUT2D eigenvalue weighted by molar-refractivity contribution is -0.114. The van der Waals surface area contributed by atoms with E-state index >= 15 is 0 Å². The van der Waals surface area contributed by atoms with Crippen molar-refractivity contribution in [2.75, 3.05) is 10.6 Å². The lowest BCUT2D eigenvalue weighted by atomic mass is 10.0. The summed E-state index contributed by atoms with van der Waals surface area (Å²) in [7, 11) is 1.86. The predicted molar refractivity (Wildman–Crippen MR) is 111 cm³/mol. The van der Waals surface area contributed by atoms with Gasteiger partial charge in [-0.05, 0) is 38.5 Å². The topological polar surface area (TPSA) is 84.7 Å². The zero-order chi connectivity index (χ0) is 20.3. The van der Waals surface area contributed by atoms with Gasteiger partial charge in [-0.3, -0.25) is 9.48 Å². The van der Waals surface area contributed by atoms with Crippen LogP contribution in [0.2, 0.25) is 0 Å². The molecule has 2 N–H and O–H groups in total. The van der Waals surface area contributed by atoms with Gasteiger partial charge in [-0.15, -0.1) is 0 Å². The van der Waals surface area contributed by atoms with Crippen molar-refractivity contribution in [2.45, 2.75) is 27.2 Å². The van der Waals surface area contributed by atoms with Gasteiger partial charge >= 0.3 is 0 Å². The molecule has 7 heteroatoms. The maximum Gasteiger partial charge on any atom is 0.230 e. The molecule has 2 heterocycles. The fourth-order valence-electron chi connectivity index (χ4n) is 2.85. The van der Waals surface area contributed by atoms with Crippen LogP contribution in [0, 0.1) is 20.8 Å². The van der Waals surface area contributed by atoms with E-state index in [1.165, 1.54) is 6.08 Å². The molecule has 7 nitrogen and oxygen atoms in total. The van der Waals surface area contributed by atoms with Crippen LogP contribution >= 0.6 is 0 Å². The van der Waals surface area contributed by atoms with Crippen LogP contribution in [-0.2, 0) is 18.3 Å². The highest BCUT2D eigenvalue weighted by Gasteiger charge is 2.11. The number of aryl methyl sites for hydroxylation is 4. The highest BCUT2D eigenvalue weighted by Crippen LogP contribution is 2.25. The molecule has 1 aromatic carbocycles. The molecule has 0 radical (unpaired) electrons. The van der Waals surface area contributed by atoms with E-state index in [-0.39, 0.29) is 12.2 Å². The molecule has 0 unspecified atom stereocenters. The normalized spacial score (nSPS) is 10.6. The maximum absolute atomic E-state index is 11.9. The number of benzene rings is 1. The van der Waals surface area contributed by atoms with E-state index in [1.807, 2.05) is 52.1 Å². The van der Waals surface area contributed by atoms with Crippen LogP contribution in [0.3, 0.4) is 0 Å². The Kier molecular flexibility index (Phi) is 5.54. The van der Waals surface area contributed by atoms with Crippen molar-refractivity contribution >= 4 is 29.1 Å². The average Bonchev–Trinajstić information content (AvgIpc) is 2.96. The van der Waals surface area contributed by atoms with Crippen LogP contribution in [0.1, 0.15) is 22.4 Å². The number of anilines is 4. The fraction of sp³-hybridized carbons (Fsp3) is 0.238. The molecule has 3 rings (SSSR count). The van der Waals surface area contributed by atoms with Crippen molar-refractivity contribution in [3.63, 3.8) is 0 Å². The van der Waals surface area contributed by atoms with Gasteiger partial charge in [-0.2, -0.15) is 10.1 Å². The fourth-order valence-corrected chi connectivity index (χ4v) is 2.85. The molecule has 0 spiro atoms. The molecule has 144 valence electrons. The van der Waals surface area contributed by atoms with Crippen molar-refractivity contribution in [3.8, 4) is 0 Å². The van der Waals surface area contributed by atoms with Crippen LogP contribution in [0.4, 0.5) is 23.3 Å². The molecule has 0 saturated heterocycles. The van der Waals surface area contributed by atoms with Gasteiger partial charge in [0.2, 0.25) is 5.95 Å². The number of aromatic nitrogens is 4. The summed E-state index contributed by atoms with van der Waals surface area (Å²) in [6.07, 6.45) is 3.39. The first-order chi connectivity index (χ1) is 13.4. The van der Waals surface area contributed by atoms with Gasteiger partial charge in [0.05, 0.1) is 5.69 Å². The first kappa shape index (κ1) is 19.3. The Labute approximate surface area is 164 Å². The molecule has 2 aromatic heterocycles. The number of ketones is 1. The lowest BCUT2D eigenvalue weighted by Crippen LogP contribution is -2.07. The Balaban J connectivity index is 1.89. The molecular formula is C21H24N6O. The van der Waals surface area contributed by atoms with Gasteiger partial charge in [0.25, 0.3) is 0 Å². The van der Waals surface area contributed by atoms with Crippen molar-refractivity contribution in [3.05, 3.63) is 65.5 Å². The van der Waals surface area contributed by atoms with E-state index in [9.17, 15) is 4.79 Å². The van der Waals surface area contributed by atoms with E-state index < -0.39 is 0 Å². The molecule has 0 aliphatic heterocycles. The number of hydrogen-bond donors (Lipinski definition) is 2. The van der Waals surface area contributed by atoms with Gasteiger partial charge in [0.1, 0.15) is 11.6 Å². The van der Waals surface area contributed by atoms with Crippen LogP contribution in [0.25, 0.3) is 0 Å². The molecule has 0 bridgehead atoms. The molecule has 0 saturated carbocycles. The van der Waals surface area contributed by atoms with Crippen molar-refractivity contribution in [1.29, 1.82) is 0 Å². The molecule has 0 fully saturated rings. The van der Waals surface area contributed by atoms with Crippen LogP contribution in [-0.4, -0.2) is 25.5 Å². The quantitative estimate of drug-likeness (QED) is 0.608. The third-order valence-electron chi connectivity index (χ3n) is 4.32. The second-order valence-corrected chi connectivity index (χ2v) is 6.78. The van der Waals surface area contributed by atoms with Crippen molar-refractivity contribution in [2.24, 2.45) is 7.05 Å². The third kappa shape index (κ3) is 4.43. The maximum atomic E-state index is 11.9. The highest BCUT2D eigenvalue weighted by atomic mass is 16.1. The van der Waals surface area contributed by atoms with Gasteiger partial charge in [-0.1, -0.05) is 24.3 Å². The summed E-state index contributed by atoms with van der Waals surface area (Å²) >= 11 is 0. The van der Waals surface area contributed by atoms with Gasteiger partial charge in [0, 0.05) is 37.0 Å². The second-order valence-electron chi connectivity index (χ2n) is 6.78. The summed E-state index contributed by atoms with van der Waals surface area (Å²) < 4.78 is 1.74. The Morgan fingerprint density at radius 2 is 2.00 bits per heavy atom. The van der Waals surface area contributed by atoms with Crippen LogP contribution in [0.15, 0.2) is 43.1 Å². The standard InChI is InChI=1S/C21H24N6O/c1-6-17(28)11-16-9-13(2)7-8-18(16)23-20-14(3)12-22-21(25-20)24-19-10-15(4)26-27(19)5/h6-10,12H,1,11H2,2-5H3,(H2,22,23,24,25).